The molecular weight excluding hydrogens is 256 g/mol. The van der Waals surface area contributed by atoms with E-state index in [4.69, 9.17) is 15.3 Å². The van der Waals surface area contributed by atoms with Gasteiger partial charge in [-0.25, -0.2) is 0 Å². The second kappa shape index (κ2) is 8.19. The van der Waals surface area contributed by atoms with E-state index in [0.717, 1.165) is 0 Å². The minimum atomic E-state index is -1.89. The van der Waals surface area contributed by atoms with Crippen LogP contribution in [-0.2, 0) is 4.18 Å². The first-order valence-corrected chi connectivity index (χ1v) is 5.19. The molecule has 9 heteroatoms. The van der Waals surface area contributed by atoms with Crippen LogP contribution < -0.4 is 0 Å². The molecule has 0 spiro atoms. The minimum Gasteiger partial charge on any atom is -0.394 e. The van der Waals surface area contributed by atoms with Crippen LogP contribution in [0.15, 0.2) is 0 Å². The summed E-state index contributed by atoms with van der Waals surface area (Å²) in [6, 6.07) is 0. The summed E-state index contributed by atoms with van der Waals surface area (Å²) >= 11 is 3.35. The van der Waals surface area contributed by atoms with Gasteiger partial charge in [-0.1, -0.05) is 0 Å². The normalized spacial score (nSPS) is 22.6. The standard InChI is InChI=1S/C8H18O8S/c9-1-3(11)5(13)6(14)7(15)8(16-17)4(12)2-10/h3-15,17H,1-2H2. The van der Waals surface area contributed by atoms with Gasteiger partial charge in [-0.05, 0) is 12.9 Å². The Morgan fingerprint density at radius 1 is 0.765 bits per heavy atom. The van der Waals surface area contributed by atoms with Crippen molar-refractivity contribution < 1.29 is 39.9 Å². The summed E-state index contributed by atoms with van der Waals surface area (Å²) in [5.41, 5.74) is 0. The minimum absolute atomic E-state index is 0.756. The van der Waals surface area contributed by atoms with E-state index in [1.165, 1.54) is 0 Å². The molecule has 0 saturated heterocycles. The fourth-order valence-electron chi connectivity index (χ4n) is 1.20. The van der Waals surface area contributed by atoms with Gasteiger partial charge < -0.3 is 39.9 Å². The molecule has 0 aliphatic rings. The number of hydrogen-bond donors (Lipinski definition) is 8. The van der Waals surface area contributed by atoms with E-state index in [0.29, 0.717) is 0 Å². The summed E-state index contributed by atoms with van der Waals surface area (Å²) in [7, 11) is 0. The lowest BCUT2D eigenvalue weighted by atomic mass is 9.97. The van der Waals surface area contributed by atoms with Crippen molar-refractivity contribution in [3.63, 3.8) is 0 Å². The average molecular weight is 274 g/mol. The molecule has 0 bridgehead atoms. The number of rotatable bonds is 8. The maximum absolute atomic E-state index is 9.55. The van der Waals surface area contributed by atoms with Crippen LogP contribution in [0.3, 0.4) is 0 Å². The average Bonchev–Trinajstić information content (AvgIpc) is 2.36. The van der Waals surface area contributed by atoms with E-state index >= 15 is 0 Å². The molecule has 8 nitrogen and oxygen atoms in total. The van der Waals surface area contributed by atoms with Gasteiger partial charge in [0.15, 0.2) is 0 Å². The molecule has 0 aliphatic heterocycles. The molecule has 0 radical (unpaired) electrons. The zero-order valence-corrected chi connectivity index (χ0v) is 9.76. The molecule has 0 rings (SSSR count). The molecule has 0 aromatic heterocycles. The lowest BCUT2D eigenvalue weighted by molar-refractivity contribution is -0.152. The summed E-state index contributed by atoms with van der Waals surface area (Å²) < 4.78 is 4.37. The fourth-order valence-corrected chi connectivity index (χ4v) is 1.46. The third-order valence-electron chi connectivity index (χ3n) is 2.31. The van der Waals surface area contributed by atoms with Crippen molar-refractivity contribution in [1.82, 2.24) is 0 Å². The van der Waals surface area contributed by atoms with Crippen LogP contribution in [0.25, 0.3) is 0 Å². The Labute approximate surface area is 103 Å². The van der Waals surface area contributed by atoms with Crippen LogP contribution in [0, 0.1) is 0 Å². The Kier molecular flexibility index (Phi) is 8.20. The van der Waals surface area contributed by atoms with E-state index in [1.54, 1.807) is 0 Å². The fraction of sp³-hybridized carbons (Fsp3) is 1.00. The van der Waals surface area contributed by atoms with Gasteiger partial charge in [0, 0.05) is 0 Å². The molecule has 17 heavy (non-hydrogen) atoms. The number of aliphatic hydroxyl groups is 7. The van der Waals surface area contributed by atoms with Gasteiger partial charge >= 0.3 is 0 Å². The van der Waals surface area contributed by atoms with Gasteiger partial charge in [0.2, 0.25) is 0 Å². The van der Waals surface area contributed by atoms with Crippen LogP contribution in [0.1, 0.15) is 0 Å². The van der Waals surface area contributed by atoms with Crippen LogP contribution in [0.2, 0.25) is 0 Å². The molecule has 0 heterocycles. The van der Waals surface area contributed by atoms with Crippen molar-refractivity contribution in [2.24, 2.45) is 0 Å². The van der Waals surface area contributed by atoms with Gasteiger partial charge in [0.1, 0.15) is 36.6 Å². The smallest absolute Gasteiger partial charge is 0.128 e. The highest BCUT2D eigenvalue weighted by atomic mass is 32.1. The molecule has 0 aliphatic carbocycles. The molecule has 0 aromatic carbocycles. The highest BCUT2D eigenvalue weighted by molar-refractivity contribution is 7.75. The lowest BCUT2D eigenvalue weighted by Gasteiger charge is -2.31. The molecule has 0 fully saturated rings. The maximum atomic E-state index is 9.55. The Bertz CT molecular complexity index is 206. The molecular formula is C8H18O8S. The summed E-state index contributed by atoms with van der Waals surface area (Å²) in [6.45, 7) is -1.58. The van der Waals surface area contributed by atoms with Crippen molar-refractivity contribution >= 4 is 12.9 Å². The summed E-state index contributed by atoms with van der Waals surface area (Å²) in [5.74, 6) is 0. The Hall–Kier alpha value is 0.0300. The predicted octanol–water partition coefficient (Wildman–Crippen LogP) is -3.99. The highest BCUT2D eigenvalue weighted by Crippen LogP contribution is 2.14. The zero-order valence-electron chi connectivity index (χ0n) is 8.86. The van der Waals surface area contributed by atoms with Gasteiger partial charge in [0.25, 0.3) is 0 Å². The summed E-state index contributed by atoms with van der Waals surface area (Å²) in [4.78, 5) is 0. The summed E-state index contributed by atoms with van der Waals surface area (Å²) in [6.07, 6.45) is -10.2. The quantitative estimate of drug-likeness (QED) is 0.165. The van der Waals surface area contributed by atoms with Crippen molar-refractivity contribution in [1.29, 1.82) is 0 Å². The molecule has 104 valence electrons. The largest absolute Gasteiger partial charge is 0.394 e. The second-order valence-corrected chi connectivity index (χ2v) is 3.75. The van der Waals surface area contributed by atoms with Crippen molar-refractivity contribution in [3.8, 4) is 0 Å². The maximum Gasteiger partial charge on any atom is 0.128 e. The van der Waals surface area contributed by atoms with Gasteiger partial charge in [0.05, 0.1) is 13.2 Å². The van der Waals surface area contributed by atoms with Crippen LogP contribution in [0.4, 0.5) is 0 Å². The van der Waals surface area contributed by atoms with E-state index in [9.17, 15) is 20.4 Å². The summed E-state index contributed by atoms with van der Waals surface area (Å²) in [5, 5.41) is 63.8. The second-order valence-electron chi connectivity index (χ2n) is 3.54. The van der Waals surface area contributed by atoms with Crippen LogP contribution in [-0.4, -0.2) is 85.6 Å². The van der Waals surface area contributed by atoms with E-state index in [2.05, 4.69) is 17.1 Å². The van der Waals surface area contributed by atoms with E-state index in [-0.39, 0.29) is 0 Å². The number of aliphatic hydroxyl groups excluding tert-OH is 7. The molecule has 0 saturated carbocycles. The SMILES string of the molecule is OCC(O)C(O)C(O)C(O)C(OS)C(O)CO. The monoisotopic (exact) mass is 274 g/mol. The Balaban J connectivity index is 4.59. The molecule has 0 aromatic rings. The Morgan fingerprint density at radius 2 is 1.24 bits per heavy atom. The molecule has 6 unspecified atom stereocenters. The molecule has 6 atom stereocenters. The van der Waals surface area contributed by atoms with Crippen molar-refractivity contribution in [2.75, 3.05) is 13.2 Å². The zero-order chi connectivity index (χ0) is 13.6. The predicted molar refractivity (Wildman–Crippen MR) is 58.1 cm³/mol. The van der Waals surface area contributed by atoms with Crippen LogP contribution in [0.5, 0.6) is 0 Å². The van der Waals surface area contributed by atoms with Crippen LogP contribution >= 0.6 is 12.9 Å². The van der Waals surface area contributed by atoms with Crippen molar-refractivity contribution in [3.05, 3.63) is 0 Å². The van der Waals surface area contributed by atoms with Crippen molar-refractivity contribution in [2.45, 2.75) is 36.6 Å². The van der Waals surface area contributed by atoms with Gasteiger partial charge in [-0.2, -0.15) is 0 Å². The number of thiol groups is 1. The first kappa shape index (κ1) is 17.0. The first-order chi connectivity index (χ1) is 7.90. The molecule has 7 N–H and O–H groups in total. The van der Waals surface area contributed by atoms with Gasteiger partial charge in [-0.15, -0.1) is 0 Å². The third-order valence-corrected chi connectivity index (χ3v) is 2.55. The highest BCUT2D eigenvalue weighted by Gasteiger charge is 2.38. The first-order valence-electron chi connectivity index (χ1n) is 4.82. The third kappa shape index (κ3) is 4.66. The lowest BCUT2D eigenvalue weighted by Crippen LogP contribution is -2.53. The topological polar surface area (TPSA) is 151 Å². The van der Waals surface area contributed by atoms with E-state index < -0.39 is 49.8 Å². The Morgan fingerprint density at radius 3 is 1.59 bits per heavy atom. The van der Waals surface area contributed by atoms with Gasteiger partial charge in [-0.3, -0.25) is 0 Å². The molecule has 0 amide bonds. The van der Waals surface area contributed by atoms with E-state index in [1.807, 2.05) is 0 Å². The number of hydrogen-bond acceptors (Lipinski definition) is 9.